The number of aryl methyl sites for hydroxylation is 3. The summed E-state index contributed by atoms with van der Waals surface area (Å²) in [5, 5.41) is 2.85. The molecule has 0 amide bonds. The summed E-state index contributed by atoms with van der Waals surface area (Å²) in [6.45, 7) is 5.50. The van der Waals surface area contributed by atoms with Gasteiger partial charge in [-0.25, -0.2) is 13.4 Å². The molecule has 0 saturated carbocycles. The van der Waals surface area contributed by atoms with Crippen LogP contribution >= 0.6 is 11.3 Å². The van der Waals surface area contributed by atoms with Gasteiger partial charge in [-0.1, -0.05) is 18.2 Å². The molecule has 3 aromatic rings. The molecule has 26 heavy (non-hydrogen) atoms. The highest BCUT2D eigenvalue weighted by molar-refractivity contribution is 7.92. The van der Waals surface area contributed by atoms with E-state index in [2.05, 4.69) is 9.71 Å². The topological polar surface area (TPSA) is 68.3 Å². The highest BCUT2D eigenvalue weighted by Gasteiger charge is 2.21. The number of hydrogen-bond acceptors (Lipinski definition) is 5. The predicted molar refractivity (Wildman–Crippen MR) is 106 cm³/mol. The van der Waals surface area contributed by atoms with Crippen LogP contribution < -0.4 is 9.46 Å². The second kappa shape index (κ2) is 7.09. The molecule has 0 atom stereocenters. The number of hydrogen-bond donors (Lipinski definition) is 1. The largest absolute Gasteiger partial charge is 0.496 e. The second-order valence-corrected chi connectivity index (χ2v) is 8.70. The summed E-state index contributed by atoms with van der Waals surface area (Å²) in [5.74, 6) is 0.666. The highest BCUT2D eigenvalue weighted by atomic mass is 32.2. The van der Waals surface area contributed by atoms with Crippen LogP contribution in [0.1, 0.15) is 16.1 Å². The van der Waals surface area contributed by atoms with Gasteiger partial charge in [-0.15, -0.1) is 11.3 Å². The van der Waals surface area contributed by atoms with E-state index >= 15 is 0 Å². The molecule has 1 N–H and O–H groups in total. The summed E-state index contributed by atoms with van der Waals surface area (Å²) in [7, 11) is -2.18. The maximum Gasteiger partial charge on any atom is 0.262 e. The molecule has 3 rings (SSSR count). The van der Waals surface area contributed by atoms with Crippen molar-refractivity contribution in [2.24, 2.45) is 0 Å². The molecule has 1 heterocycles. The zero-order chi connectivity index (χ0) is 18.9. The van der Waals surface area contributed by atoms with E-state index in [0.717, 1.165) is 21.8 Å². The van der Waals surface area contributed by atoms with Gasteiger partial charge in [0.05, 0.1) is 28.4 Å². The number of anilines is 1. The van der Waals surface area contributed by atoms with E-state index in [4.69, 9.17) is 4.74 Å². The molecule has 0 unspecified atom stereocenters. The molecule has 0 bridgehead atoms. The number of aromatic nitrogens is 1. The molecule has 136 valence electrons. The highest BCUT2D eigenvalue weighted by Crippen LogP contribution is 2.32. The van der Waals surface area contributed by atoms with Crippen LogP contribution in [0.15, 0.2) is 46.7 Å². The van der Waals surface area contributed by atoms with Crippen LogP contribution in [0.3, 0.4) is 0 Å². The zero-order valence-electron chi connectivity index (χ0n) is 15.0. The van der Waals surface area contributed by atoms with Crippen molar-refractivity contribution in [2.75, 3.05) is 11.8 Å². The lowest BCUT2D eigenvalue weighted by Gasteiger charge is -2.15. The molecule has 0 saturated heterocycles. The van der Waals surface area contributed by atoms with Gasteiger partial charge in [0.1, 0.15) is 5.75 Å². The molecule has 0 fully saturated rings. The van der Waals surface area contributed by atoms with E-state index in [1.54, 1.807) is 38.3 Å². The Morgan fingerprint density at radius 3 is 2.46 bits per heavy atom. The standard InChI is InChI=1S/C19H20N2O3S2/c1-12-10-19(13(2)9-18(12)24-4)26(22,23)21-16-8-6-5-7-15(16)17-11-25-14(3)20-17/h5-11,21H,1-4H3. The molecule has 5 nitrogen and oxygen atoms in total. The first kappa shape index (κ1) is 18.4. The SMILES string of the molecule is COc1cc(C)c(S(=O)(=O)Nc2ccccc2-c2csc(C)n2)cc1C. The van der Waals surface area contributed by atoms with Crippen molar-refractivity contribution < 1.29 is 13.2 Å². The lowest BCUT2D eigenvalue weighted by Crippen LogP contribution is -2.15. The monoisotopic (exact) mass is 388 g/mol. The summed E-state index contributed by atoms with van der Waals surface area (Å²) >= 11 is 1.53. The number of thiazole rings is 1. The van der Waals surface area contributed by atoms with Crippen LogP contribution in [0.5, 0.6) is 5.75 Å². The van der Waals surface area contributed by atoms with Crippen molar-refractivity contribution in [2.45, 2.75) is 25.7 Å². The van der Waals surface area contributed by atoms with Crippen molar-refractivity contribution in [3.8, 4) is 17.0 Å². The Kier molecular flexibility index (Phi) is 5.02. The maximum atomic E-state index is 13.0. The molecule has 0 aliphatic heterocycles. The van der Waals surface area contributed by atoms with E-state index in [1.807, 2.05) is 31.4 Å². The first-order valence-electron chi connectivity index (χ1n) is 8.01. The van der Waals surface area contributed by atoms with Crippen LogP contribution in [0.2, 0.25) is 0 Å². The van der Waals surface area contributed by atoms with E-state index in [-0.39, 0.29) is 4.90 Å². The number of sulfonamides is 1. The first-order valence-corrected chi connectivity index (χ1v) is 10.4. The Morgan fingerprint density at radius 1 is 1.08 bits per heavy atom. The zero-order valence-corrected chi connectivity index (χ0v) is 16.7. The minimum atomic E-state index is -3.75. The number of nitrogens with one attached hydrogen (secondary N) is 1. The molecule has 0 aliphatic rings. The van der Waals surface area contributed by atoms with Crippen LogP contribution in [-0.4, -0.2) is 20.5 Å². The van der Waals surface area contributed by atoms with Crippen molar-refractivity contribution in [1.82, 2.24) is 4.98 Å². The average Bonchev–Trinajstić information content (AvgIpc) is 3.02. The average molecular weight is 389 g/mol. The van der Waals surface area contributed by atoms with Gasteiger partial charge in [-0.05, 0) is 50.1 Å². The Bertz CT molecular complexity index is 1060. The lowest BCUT2D eigenvalue weighted by atomic mass is 10.1. The van der Waals surface area contributed by atoms with Gasteiger partial charge in [0.25, 0.3) is 10.0 Å². The number of benzene rings is 2. The quantitative estimate of drug-likeness (QED) is 0.696. The third-order valence-electron chi connectivity index (χ3n) is 4.05. The van der Waals surface area contributed by atoms with Gasteiger partial charge < -0.3 is 4.74 Å². The van der Waals surface area contributed by atoms with Crippen LogP contribution in [0, 0.1) is 20.8 Å². The third-order valence-corrected chi connectivity index (χ3v) is 6.33. The minimum Gasteiger partial charge on any atom is -0.496 e. The number of para-hydroxylation sites is 1. The van der Waals surface area contributed by atoms with Gasteiger partial charge in [0.15, 0.2) is 0 Å². The fourth-order valence-electron chi connectivity index (χ4n) is 2.75. The molecule has 0 aliphatic carbocycles. The van der Waals surface area contributed by atoms with Crippen LogP contribution in [-0.2, 0) is 10.0 Å². The number of ether oxygens (including phenoxy) is 1. The normalized spacial score (nSPS) is 11.4. The van der Waals surface area contributed by atoms with Crippen molar-refractivity contribution in [3.05, 3.63) is 57.9 Å². The Balaban J connectivity index is 2.03. The van der Waals surface area contributed by atoms with Crippen molar-refractivity contribution in [1.29, 1.82) is 0 Å². The van der Waals surface area contributed by atoms with E-state index in [9.17, 15) is 8.42 Å². The maximum absolute atomic E-state index is 13.0. The van der Waals surface area contributed by atoms with Gasteiger partial charge in [-0.2, -0.15) is 0 Å². The third kappa shape index (κ3) is 3.59. The molecule has 0 radical (unpaired) electrons. The van der Waals surface area contributed by atoms with E-state index in [0.29, 0.717) is 17.0 Å². The van der Waals surface area contributed by atoms with Gasteiger partial charge in [0, 0.05) is 10.9 Å². The molecule has 1 aromatic heterocycles. The number of nitrogens with zero attached hydrogens (tertiary/aromatic N) is 1. The van der Waals surface area contributed by atoms with Crippen LogP contribution in [0.4, 0.5) is 5.69 Å². The fourth-order valence-corrected chi connectivity index (χ4v) is 4.76. The second-order valence-electron chi connectivity index (χ2n) is 5.99. The smallest absolute Gasteiger partial charge is 0.262 e. The molecular formula is C19H20N2O3S2. The lowest BCUT2D eigenvalue weighted by molar-refractivity contribution is 0.411. The molecule has 2 aromatic carbocycles. The Hall–Kier alpha value is -2.38. The van der Waals surface area contributed by atoms with E-state index < -0.39 is 10.0 Å². The predicted octanol–water partition coefficient (Wildman–Crippen LogP) is 4.54. The van der Waals surface area contributed by atoms with E-state index in [1.165, 1.54) is 11.3 Å². The number of methoxy groups -OCH3 is 1. The summed E-state index contributed by atoms with van der Waals surface area (Å²) in [6.07, 6.45) is 0. The summed E-state index contributed by atoms with van der Waals surface area (Å²) in [5.41, 5.74) is 3.41. The van der Waals surface area contributed by atoms with Gasteiger partial charge >= 0.3 is 0 Å². The Labute approximate surface area is 157 Å². The summed E-state index contributed by atoms with van der Waals surface area (Å²) in [6, 6.07) is 10.6. The molecular weight excluding hydrogens is 368 g/mol. The fraction of sp³-hybridized carbons (Fsp3) is 0.211. The summed E-state index contributed by atoms with van der Waals surface area (Å²) < 4.78 is 34.0. The minimum absolute atomic E-state index is 0.236. The number of rotatable bonds is 5. The molecule has 0 spiro atoms. The molecule has 7 heteroatoms. The first-order chi connectivity index (χ1) is 12.3. The van der Waals surface area contributed by atoms with Crippen molar-refractivity contribution >= 4 is 27.0 Å². The van der Waals surface area contributed by atoms with Gasteiger partial charge in [-0.3, -0.25) is 4.72 Å². The van der Waals surface area contributed by atoms with Gasteiger partial charge in [0.2, 0.25) is 0 Å². The summed E-state index contributed by atoms with van der Waals surface area (Å²) in [4.78, 5) is 4.70. The Morgan fingerprint density at radius 2 is 1.81 bits per heavy atom. The van der Waals surface area contributed by atoms with Crippen molar-refractivity contribution in [3.63, 3.8) is 0 Å². The van der Waals surface area contributed by atoms with Crippen LogP contribution in [0.25, 0.3) is 11.3 Å².